The van der Waals surface area contributed by atoms with Crippen molar-refractivity contribution in [3.05, 3.63) is 48.0 Å². The third-order valence-corrected chi connectivity index (χ3v) is 4.95. The van der Waals surface area contributed by atoms with E-state index in [0.717, 1.165) is 37.6 Å². The van der Waals surface area contributed by atoms with Gasteiger partial charge in [0.2, 0.25) is 0 Å². The molecule has 0 unspecified atom stereocenters. The van der Waals surface area contributed by atoms with Crippen LogP contribution in [0.15, 0.2) is 42.5 Å². The number of benzene rings is 2. The minimum absolute atomic E-state index is 0.0871. The Morgan fingerprint density at radius 2 is 1.64 bits per heavy atom. The van der Waals surface area contributed by atoms with Gasteiger partial charge >= 0.3 is 0 Å². The Balaban J connectivity index is 1.59. The van der Waals surface area contributed by atoms with Gasteiger partial charge in [0.15, 0.2) is 17.3 Å². The summed E-state index contributed by atoms with van der Waals surface area (Å²) in [5, 5.41) is 0. The molecular formula is C22H28N2O4. The Labute approximate surface area is 166 Å². The molecule has 0 bridgehead atoms. The quantitative estimate of drug-likeness (QED) is 0.652. The van der Waals surface area contributed by atoms with E-state index in [1.165, 1.54) is 0 Å². The maximum Gasteiger partial charge on any atom is 0.176 e. The summed E-state index contributed by atoms with van der Waals surface area (Å²) in [6.07, 6.45) is 0. The van der Waals surface area contributed by atoms with Crippen molar-refractivity contribution in [2.24, 2.45) is 0 Å². The number of carbonyl (C=O) groups excluding carboxylic acids is 1. The molecule has 28 heavy (non-hydrogen) atoms. The van der Waals surface area contributed by atoms with Crippen LogP contribution in [-0.4, -0.2) is 64.2 Å². The highest BCUT2D eigenvalue weighted by Gasteiger charge is 2.22. The van der Waals surface area contributed by atoms with Crippen LogP contribution in [0.2, 0.25) is 0 Å². The number of hydrogen-bond acceptors (Lipinski definition) is 6. The standard InChI is InChI=1S/C22H28N2O4/c1-4-28-20-8-6-5-7-18(20)24-13-11-23(12-14-24)16-19(25)17-9-10-21(26-2)22(15-17)27-3/h5-10,15H,4,11-14,16H2,1-3H3. The van der Waals surface area contributed by atoms with Gasteiger partial charge in [0.1, 0.15) is 5.75 Å². The van der Waals surface area contributed by atoms with Crippen molar-refractivity contribution in [2.75, 3.05) is 58.5 Å². The summed E-state index contributed by atoms with van der Waals surface area (Å²) >= 11 is 0. The zero-order valence-electron chi connectivity index (χ0n) is 16.8. The van der Waals surface area contributed by atoms with Crippen molar-refractivity contribution in [1.82, 2.24) is 4.90 Å². The maximum absolute atomic E-state index is 12.7. The first-order valence-corrected chi connectivity index (χ1v) is 9.60. The van der Waals surface area contributed by atoms with Gasteiger partial charge in [0.25, 0.3) is 0 Å². The van der Waals surface area contributed by atoms with E-state index in [9.17, 15) is 4.79 Å². The van der Waals surface area contributed by atoms with E-state index in [0.29, 0.717) is 30.2 Å². The summed E-state index contributed by atoms with van der Waals surface area (Å²) in [4.78, 5) is 17.2. The van der Waals surface area contributed by atoms with Crippen molar-refractivity contribution >= 4 is 11.5 Å². The number of rotatable bonds is 8. The number of nitrogens with zero attached hydrogens (tertiary/aromatic N) is 2. The Hall–Kier alpha value is -2.73. The van der Waals surface area contributed by atoms with E-state index in [1.54, 1.807) is 32.4 Å². The molecule has 3 rings (SSSR count). The molecule has 1 saturated heterocycles. The molecule has 0 N–H and O–H groups in total. The van der Waals surface area contributed by atoms with Gasteiger partial charge in [0.05, 0.1) is 33.1 Å². The first-order valence-electron chi connectivity index (χ1n) is 9.60. The molecule has 0 aromatic heterocycles. The van der Waals surface area contributed by atoms with Crippen molar-refractivity contribution < 1.29 is 19.0 Å². The largest absolute Gasteiger partial charge is 0.493 e. The third-order valence-electron chi connectivity index (χ3n) is 4.95. The van der Waals surface area contributed by atoms with Crippen LogP contribution in [-0.2, 0) is 0 Å². The molecule has 2 aromatic rings. The molecule has 1 fully saturated rings. The lowest BCUT2D eigenvalue weighted by Crippen LogP contribution is -2.48. The summed E-state index contributed by atoms with van der Waals surface area (Å²) in [5.41, 5.74) is 1.76. The summed E-state index contributed by atoms with van der Waals surface area (Å²) in [7, 11) is 3.16. The van der Waals surface area contributed by atoms with Crippen molar-refractivity contribution in [3.63, 3.8) is 0 Å². The van der Waals surface area contributed by atoms with Gasteiger partial charge in [0, 0.05) is 31.7 Å². The first kappa shape index (κ1) is 20.0. The fourth-order valence-electron chi connectivity index (χ4n) is 3.45. The smallest absolute Gasteiger partial charge is 0.176 e. The topological polar surface area (TPSA) is 51.2 Å². The summed E-state index contributed by atoms with van der Waals surface area (Å²) in [5.74, 6) is 2.20. The number of carbonyl (C=O) groups is 1. The average Bonchev–Trinajstić information content (AvgIpc) is 2.74. The second kappa shape index (κ2) is 9.46. The number of ether oxygens (including phenoxy) is 3. The molecule has 2 aromatic carbocycles. The van der Waals surface area contributed by atoms with E-state index < -0.39 is 0 Å². The lowest BCUT2D eigenvalue weighted by molar-refractivity contribution is 0.0926. The van der Waals surface area contributed by atoms with Crippen molar-refractivity contribution in [1.29, 1.82) is 0 Å². The molecule has 0 saturated carbocycles. The first-order chi connectivity index (χ1) is 13.7. The van der Waals surface area contributed by atoms with Crippen LogP contribution >= 0.6 is 0 Å². The molecule has 1 aliphatic rings. The Bertz CT molecular complexity index is 801. The van der Waals surface area contributed by atoms with Gasteiger partial charge in [-0.05, 0) is 37.3 Å². The number of para-hydroxylation sites is 2. The molecule has 0 radical (unpaired) electrons. The zero-order chi connectivity index (χ0) is 19.9. The maximum atomic E-state index is 12.7. The lowest BCUT2D eigenvalue weighted by atomic mass is 10.1. The van der Waals surface area contributed by atoms with Crippen LogP contribution < -0.4 is 19.1 Å². The molecular weight excluding hydrogens is 356 g/mol. The Morgan fingerprint density at radius 1 is 0.929 bits per heavy atom. The zero-order valence-corrected chi connectivity index (χ0v) is 16.8. The van der Waals surface area contributed by atoms with E-state index in [1.807, 2.05) is 25.1 Å². The minimum Gasteiger partial charge on any atom is -0.493 e. The molecule has 6 nitrogen and oxygen atoms in total. The van der Waals surface area contributed by atoms with Crippen LogP contribution in [0, 0.1) is 0 Å². The molecule has 6 heteroatoms. The third kappa shape index (κ3) is 4.57. The average molecular weight is 384 g/mol. The molecule has 0 amide bonds. The molecule has 1 aliphatic heterocycles. The predicted octanol–water partition coefficient (Wildman–Crippen LogP) is 3.11. The van der Waals surface area contributed by atoms with Crippen LogP contribution in [0.1, 0.15) is 17.3 Å². The van der Waals surface area contributed by atoms with Crippen molar-refractivity contribution in [2.45, 2.75) is 6.92 Å². The van der Waals surface area contributed by atoms with E-state index in [2.05, 4.69) is 15.9 Å². The summed E-state index contributed by atoms with van der Waals surface area (Å²) in [6, 6.07) is 13.4. The van der Waals surface area contributed by atoms with Gasteiger partial charge in [-0.15, -0.1) is 0 Å². The number of piperazine rings is 1. The number of hydrogen-bond donors (Lipinski definition) is 0. The highest BCUT2D eigenvalue weighted by Crippen LogP contribution is 2.29. The Morgan fingerprint density at radius 3 is 2.32 bits per heavy atom. The van der Waals surface area contributed by atoms with E-state index in [4.69, 9.17) is 14.2 Å². The van der Waals surface area contributed by atoms with Crippen molar-refractivity contribution in [3.8, 4) is 17.2 Å². The van der Waals surface area contributed by atoms with Gasteiger partial charge in [-0.1, -0.05) is 12.1 Å². The lowest BCUT2D eigenvalue weighted by Gasteiger charge is -2.36. The van der Waals surface area contributed by atoms with Gasteiger partial charge in [-0.2, -0.15) is 0 Å². The second-order valence-electron chi connectivity index (χ2n) is 6.66. The second-order valence-corrected chi connectivity index (χ2v) is 6.66. The Kier molecular flexibility index (Phi) is 6.76. The molecule has 0 aliphatic carbocycles. The van der Waals surface area contributed by atoms with Crippen LogP contribution in [0.5, 0.6) is 17.2 Å². The fraction of sp³-hybridized carbons (Fsp3) is 0.409. The number of anilines is 1. The van der Waals surface area contributed by atoms with E-state index >= 15 is 0 Å². The molecule has 1 heterocycles. The fourth-order valence-corrected chi connectivity index (χ4v) is 3.45. The predicted molar refractivity (Wildman–Crippen MR) is 110 cm³/mol. The van der Waals surface area contributed by atoms with Crippen LogP contribution in [0.3, 0.4) is 0 Å². The van der Waals surface area contributed by atoms with Gasteiger partial charge in [-0.25, -0.2) is 0 Å². The number of ketones is 1. The van der Waals surface area contributed by atoms with E-state index in [-0.39, 0.29) is 5.78 Å². The van der Waals surface area contributed by atoms with Crippen LogP contribution in [0.4, 0.5) is 5.69 Å². The molecule has 0 spiro atoms. The normalized spacial score (nSPS) is 14.6. The van der Waals surface area contributed by atoms with Gasteiger partial charge in [-0.3, -0.25) is 9.69 Å². The molecule has 0 atom stereocenters. The van der Waals surface area contributed by atoms with Crippen LogP contribution in [0.25, 0.3) is 0 Å². The molecule has 150 valence electrons. The SMILES string of the molecule is CCOc1ccccc1N1CCN(CC(=O)c2ccc(OC)c(OC)c2)CC1. The highest BCUT2D eigenvalue weighted by molar-refractivity contribution is 5.98. The summed E-state index contributed by atoms with van der Waals surface area (Å²) < 4.78 is 16.3. The summed E-state index contributed by atoms with van der Waals surface area (Å²) in [6.45, 7) is 6.44. The number of Topliss-reactive ketones (excluding diaryl/α,β-unsaturated/α-hetero) is 1. The highest BCUT2D eigenvalue weighted by atomic mass is 16.5. The number of methoxy groups -OCH3 is 2. The van der Waals surface area contributed by atoms with Gasteiger partial charge < -0.3 is 19.1 Å². The monoisotopic (exact) mass is 384 g/mol. The minimum atomic E-state index is 0.0871.